The molecule has 0 bridgehead atoms. The van der Waals surface area contributed by atoms with Gasteiger partial charge in [0.15, 0.2) is 5.82 Å². The van der Waals surface area contributed by atoms with Crippen molar-refractivity contribution in [1.82, 2.24) is 25.4 Å². The largest absolute Gasteiger partial charge is 0.352 e. The van der Waals surface area contributed by atoms with E-state index in [1.54, 1.807) is 41.1 Å². The van der Waals surface area contributed by atoms with Crippen LogP contribution in [0.1, 0.15) is 44.7 Å². The van der Waals surface area contributed by atoms with Crippen LogP contribution in [0, 0.1) is 13.8 Å². The molecule has 3 rings (SSSR count). The molecule has 150 valence electrons. The molecule has 2 aromatic heterocycles. The van der Waals surface area contributed by atoms with Gasteiger partial charge in [-0.1, -0.05) is 23.7 Å². The van der Waals surface area contributed by atoms with Crippen molar-refractivity contribution < 1.29 is 9.59 Å². The normalized spacial score (nSPS) is 10.6. The Balaban J connectivity index is 1.71. The van der Waals surface area contributed by atoms with Crippen molar-refractivity contribution in [2.24, 2.45) is 0 Å². The molecular weight excluding hydrogens is 390 g/mol. The predicted molar refractivity (Wildman–Crippen MR) is 111 cm³/mol. The van der Waals surface area contributed by atoms with Gasteiger partial charge in [0.05, 0.1) is 10.7 Å². The second kappa shape index (κ2) is 8.87. The van der Waals surface area contributed by atoms with E-state index in [9.17, 15) is 9.59 Å². The van der Waals surface area contributed by atoms with Crippen LogP contribution in [-0.2, 0) is 6.54 Å². The van der Waals surface area contributed by atoms with Crippen molar-refractivity contribution >= 4 is 23.4 Å². The molecule has 0 spiro atoms. The Kier molecular flexibility index (Phi) is 6.29. The Morgan fingerprint density at radius 2 is 1.76 bits per heavy atom. The van der Waals surface area contributed by atoms with Gasteiger partial charge in [-0.3, -0.25) is 9.59 Å². The molecule has 0 saturated heterocycles. The van der Waals surface area contributed by atoms with Gasteiger partial charge in [0.2, 0.25) is 0 Å². The second-order valence-electron chi connectivity index (χ2n) is 6.58. The number of carbonyl (C=O) groups is 2. The third-order valence-corrected chi connectivity index (χ3v) is 4.58. The summed E-state index contributed by atoms with van der Waals surface area (Å²) in [5, 5.41) is 10.2. The minimum Gasteiger partial charge on any atom is -0.352 e. The lowest BCUT2D eigenvalue weighted by molar-refractivity contribution is 0.0940. The van der Waals surface area contributed by atoms with Gasteiger partial charge in [0, 0.05) is 24.3 Å². The van der Waals surface area contributed by atoms with Crippen molar-refractivity contribution in [1.29, 1.82) is 0 Å². The summed E-state index contributed by atoms with van der Waals surface area (Å²) in [6.45, 7) is 6.53. The summed E-state index contributed by atoms with van der Waals surface area (Å²) >= 11 is 6.19. The average molecular weight is 412 g/mol. The standard InChI is InChI=1S/C21H22ClN5O2/c1-4-23-20(28)16-7-5-15(6-8-16)12-24-21(29)19-17(22)9-10-18(25-19)27-14(3)11-13(2)26-27/h5-11H,4,12H2,1-3H3,(H,23,28)(H,24,29). The van der Waals surface area contributed by atoms with Crippen molar-refractivity contribution in [2.45, 2.75) is 27.3 Å². The Hall–Kier alpha value is -3.19. The van der Waals surface area contributed by atoms with E-state index >= 15 is 0 Å². The van der Waals surface area contributed by atoms with Crippen LogP contribution in [0.4, 0.5) is 0 Å². The molecule has 0 aliphatic heterocycles. The molecule has 7 nitrogen and oxygen atoms in total. The molecule has 2 N–H and O–H groups in total. The number of aromatic nitrogens is 3. The number of amides is 2. The topological polar surface area (TPSA) is 88.9 Å². The van der Waals surface area contributed by atoms with Gasteiger partial charge in [-0.15, -0.1) is 0 Å². The van der Waals surface area contributed by atoms with Gasteiger partial charge < -0.3 is 10.6 Å². The maximum atomic E-state index is 12.6. The number of aryl methyl sites for hydroxylation is 2. The fraction of sp³-hybridized carbons (Fsp3) is 0.238. The van der Waals surface area contributed by atoms with E-state index < -0.39 is 0 Å². The molecule has 0 fully saturated rings. The van der Waals surface area contributed by atoms with E-state index in [1.807, 2.05) is 26.8 Å². The first-order chi connectivity index (χ1) is 13.9. The predicted octanol–water partition coefficient (Wildman–Crippen LogP) is 3.22. The Morgan fingerprint density at radius 1 is 1.03 bits per heavy atom. The highest BCUT2D eigenvalue weighted by molar-refractivity contribution is 6.33. The maximum absolute atomic E-state index is 12.6. The minimum atomic E-state index is -0.383. The monoisotopic (exact) mass is 411 g/mol. The van der Waals surface area contributed by atoms with E-state index in [0.29, 0.717) is 17.9 Å². The summed E-state index contributed by atoms with van der Waals surface area (Å²) in [7, 11) is 0. The van der Waals surface area contributed by atoms with Crippen molar-refractivity contribution in [3.8, 4) is 5.82 Å². The van der Waals surface area contributed by atoms with Crippen molar-refractivity contribution in [2.75, 3.05) is 6.54 Å². The van der Waals surface area contributed by atoms with E-state index in [4.69, 9.17) is 11.6 Å². The number of hydrogen-bond donors (Lipinski definition) is 2. The molecule has 2 amide bonds. The first-order valence-corrected chi connectivity index (χ1v) is 9.62. The average Bonchev–Trinajstić information content (AvgIpc) is 3.05. The summed E-state index contributed by atoms with van der Waals surface area (Å²) in [6, 6.07) is 12.3. The highest BCUT2D eigenvalue weighted by Crippen LogP contribution is 2.18. The molecule has 0 aliphatic rings. The van der Waals surface area contributed by atoms with Gasteiger partial charge in [0.1, 0.15) is 5.69 Å². The molecule has 3 aromatic rings. The number of rotatable bonds is 6. The lowest BCUT2D eigenvalue weighted by Gasteiger charge is -2.10. The van der Waals surface area contributed by atoms with Gasteiger partial charge in [0.25, 0.3) is 11.8 Å². The Morgan fingerprint density at radius 3 is 2.38 bits per heavy atom. The fourth-order valence-corrected chi connectivity index (χ4v) is 3.06. The molecule has 0 aliphatic carbocycles. The van der Waals surface area contributed by atoms with Crippen LogP contribution >= 0.6 is 11.6 Å². The zero-order valence-corrected chi connectivity index (χ0v) is 17.2. The van der Waals surface area contributed by atoms with Crippen LogP contribution in [-0.4, -0.2) is 33.1 Å². The molecular formula is C21H22ClN5O2. The highest BCUT2D eigenvalue weighted by Gasteiger charge is 2.15. The zero-order chi connectivity index (χ0) is 21.0. The van der Waals surface area contributed by atoms with Gasteiger partial charge in [-0.2, -0.15) is 5.10 Å². The summed E-state index contributed by atoms with van der Waals surface area (Å²) in [6.07, 6.45) is 0. The van der Waals surface area contributed by atoms with Gasteiger partial charge in [-0.25, -0.2) is 9.67 Å². The molecule has 8 heteroatoms. The van der Waals surface area contributed by atoms with Crippen molar-refractivity contribution in [3.05, 3.63) is 75.7 Å². The summed E-state index contributed by atoms with van der Waals surface area (Å²) in [5.74, 6) is 0.0163. The van der Waals surface area contributed by atoms with E-state index in [0.717, 1.165) is 17.0 Å². The number of pyridine rings is 1. The molecule has 0 unspecified atom stereocenters. The fourth-order valence-electron chi connectivity index (χ4n) is 2.87. The summed E-state index contributed by atoms with van der Waals surface area (Å²) < 4.78 is 1.67. The van der Waals surface area contributed by atoms with Crippen molar-refractivity contribution in [3.63, 3.8) is 0 Å². The summed E-state index contributed by atoms with van der Waals surface area (Å²) in [5.41, 5.74) is 3.34. The number of nitrogens with one attached hydrogen (secondary N) is 2. The minimum absolute atomic E-state index is 0.125. The van der Waals surface area contributed by atoms with Gasteiger partial charge in [-0.05, 0) is 56.7 Å². The lowest BCUT2D eigenvalue weighted by Crippen LogP contribution is -2.25. The van der Waals surface area contributed by atoms with E-state index in [-0.39, 0.29) is 29.1 Å². The van der Waals surface area contributed by atoms with Crippen LogP contribution in [0.3, 0.4) is 0 Å². The quantitative estimate of drug-likeness (QED) is 0.651. The molecule has 29 heavy (non-hydrogen) atoms. The second-order valence-corrected chi connectivity index (χ2v) is 6.99. The lowest BCUT2D eigenvalue weighted by atomic mass is 10.1. The SMILES string of the molecule is CCNC(=O)c1ccc(CNC(=O)c2nc(-n3nc(C)cc3C)ccc2Cl)cc1. The molecule has 0 radical (unpaired) electrons. The Labute approximate surface area is 174 Å². The number of hydrogen-bond acceptors (Lipinski definition) is 4. The van der Waals surface area contributed by atoms with E-state index in [2.05, 4.69) is 20.7 Å². The smallest absolute Gasteiger partial charge is 0.271 e. The van der Waals surface area contributed by atoms with Crippen LogP contribution < -0.4 is 10.6 Å². The molecule has 0 saturated carbocycles. The first-order valence-electron chi connectivity index (χ1n) is 9.24. The number of halogens is 1. The summed E-state index contributed by atoms with van der Waals surface area (Å²) in [4.78, 5) is 28.8. The highest BCUT2D eigenvalue weighted by atomic mass is 35.5. The van der Waals surface area contributed by atoms with Crippen LogP contribution in [0.25, 0.3) is 5.82 Å². The van der Waals surface area contributed by atoms with Gasteiger partial charge >= 0.3 is 0 Å². The van der Waals surface area contributed by atoms with Crippen LogP contribution in [0.5, 0.6) is 0 Å². The maximum Gasteiger partial charge on any atom is 0.271 e. The number of benzene rings is 1. The van der Waals surface area contributed by atoms with Crippen LogP contribution in [0.15, 0.2) is 42.5 Å². The molecule has 0 atom stereocenters. The number of nitrogens with zero attached hydrogens (tertiary/aromatic N) is 3. The number of carbonyl (C=O) groups excluding carboxylic acids is 2. The third kappa shape index (κ3) is 4.81. The Bertz CT molecular complexity index is 1040. The third-order valence-electron chi connectivity index (χ3n) is 4.28. The molecule has 2 heterocycles. The molecule has 1 aromatic carbocycles. The van der Waals surface area contributed by atoms with E-state index in [1.165, 1.54) is 0 Å². The first kappa shape index (κ1) is 20.5. The zero-order valence-electron chi connectivity index (χ0n) is 16.5. The van der Waals surface area contributed by atoms with Crippen LogP contribution in [0.2, 0.25) is 5.02 Å².